The highest BCUT2D eigenvalue weighted by molar-refractivity contribution is 7.12. The van der Waals surface area contributed by atoms with Crippen LogP contribution in [0.2, 0.25) is 0 Å². The SMILES string of the molecule is Cc1ccc([C@@H](C(=O)NC2CCCCC2)N(C(=O)C(F)(F)F)c2ccc(C)c(C)c2)s1. The van der Waals surface area contributed by atoms with Gasteiger partial charge >= 0.3 is 12.1 Å². The van der Waals surface area contributed by atoms with Crippen molar-refractivity contribution in [2.75, 3.05) is 4.90 Å². The maximum absolute atomic E-state index is 13.6. The Morgan fingerprint density at radius 2 is 1.71 bits per heavy atom. The molecule has 1 heterocycles. The van der Waals surface area contributed by atoms with Crippen molar-refractivity contribution in [1.29, 1.82) is 0 Å². The van der Waals surface area contributed by atoms with Gasteiger partial charge in [-0.05, 0) is 69.0 Å². The summed E-state index contributed by atoms with van der Waals surface area (Å²) in [5, 5.41) is 2.92. The Bertz CT molecular complexity index is 949. The molecule has 0 aliphatic heterocycles. The van der Waals surface area contributed by atoms with Crippen LogP contribution >= 0.6 is 11.3 Å². The first kappa shape index (κ1) is 23.3. The normalized spacial score (nSPS) is 16.1. The fourth-order valence-corrected chi connectivity index (χ4v) is 4.86. The van der Waals surface area contributed by atoms with Crippen LogP contribution in [0.3, 0.4) is 0 Å². The number of aryl methyl sites for hydroxylation is 3. The maximum atomic E-state index is 13.6. The number of nitrogens with one attached hydrogen (secondary N) is 1. The fraction of sp³-hybridized carbons (Fsp3) is 0.478. The number of carbonyl (C=O) groups excluding carboxylic acids is 2. The van der Waals surface area contributed by atoms with Gasteiger partial charge in [0, 0.05) is 21.5 Å². The van der Waals surface area contributed by atoms with Crippen LogP contribution in [0.1, 0.15) is 59.0 Å². The monoisotopic (exact) mass is 452 g/mol. The van der Waals surface area contributed by atoms with Gasteiger partial charge in [-0.15, -0.1) is 11.3 Å². The van der Waals surface area contributed by atoms with Crippen LogP contribution < -0.4 is 10.2 Å². The van der Waals surface area contributed by atoms with Crippen LogP contribution in [0.25, 0.3) is 0 Å². The second kappa shape index (κ2) is 9.42. The van der Waals surface area contributed by atoms with E-state index in [1.807, 2.05) is 13.8 Å². The minimum absolute atomic E-state index is 0.0558. The summed E-state index contributed by atoms with van der Waals surface area (Å²) in [7, 11) is 0. The van der Waals surface area contributed by atoms with Gasteiger partial charge in [0.25, 0.3) is 0 Å². The van der Waals surface area contributed by atoms with Crippen molar-refractivity contribution in [3.63, 3.8) is 0 Å². The first-order valence-electron chi connectivity index (χ1n) is 10.4. The zero-order chi connectivity index (χ0) is 22.8. The predicted octanol–water partition coefficient (Wildman–Crippen LogP) is 5.76. The van der Waals surface area contributed by atoms with Gasteiger partial charge < -0.3 is 5.32 Å². The molecular formula is C23H27F3N2O2S. The number of thiophene rings is 1. The molecule has 3 rings (SSSR count). The number of benzene rings is 1. The summed E-state index contributed by atoms with van der Waals surface area (Å²) in [5.74, 6) is -2.63. The van der Waals surface area contributed by atoms with E-state index in [9.17, 15) is 22.8 Å². The van der Waals surface area contributed by atoms with E-state index in [-0.39, 0.29) is 11.7 Å². The van der Waals surface area contributed by atoms with Crippen molar-refractivity contribution in [2.45, 2.75) is 71.1 Å². The summed E-state index contributed by atoms with van der Waals surface area (Å²) < 4.78 is 40.9. The topological polar surface area (TPSA) is 49.4 Å². The molecule has 2 aromatic rings. The Morgan fingerprint density at radius 3 is 2.26 bits per heavy atom. The van der Waals surface area contributed by atoms with Crippen LogP contribution in [0.5, 0.6) is 0 Å². The zero-order valence-electron chi connectivity index (χ0n) is 17.9. The summed E-state index contributed by atoms with van der Waals surface area (Å²) in [5.41, 5.74) is 1.69. The summed E-state index contributed by atoms with van der Waals surface area (Å²) in [6, 6.07) is 6.55. The van der Waals surface area contributed by atoms with Crippen molar-refractivity contribution < 1.29 is 22.8 Å². The summed E-state index contributed by atoms with van der Waals surface area (Å²) in [6.45, 7) is 5.42. The first-order valence-corrected chi connectivity index (χ1v) is 11.2. The lowest BCUT2D eigenvalue weighted by molar-refractivity contribution is -0.171. The molecule has 1 N–H and O–H groups in total. The Morgan fingerprint density at radius 1 is 1.03 bits per heavy atom. The molecule has 1 aliphatic carbocycles. The molecule has 0 saturated heterocycles. The van der Waals surface area contributed by atoms with Gasteiger partial charge in [-0.3, -0.25) is 14.5 Å². The number of alkyl halides is 3. The summed E-state index contributed by atoms with van der Waals surface area (Å²) in [6.07, 6.45) is -0.514. The highest BCUT2D eigenvalue weighted by atomic mass is 32.1. The largest absolute Gasteiger partial charge is 0.471 e. The Hall–Kier alpha value is -2.35. The molecular weight excluding hydrogens is 425 g/mol. The Kier molecular flexibility index (Phi) is 7.09. The quantitative estimate of drug-likeness (QED) is 0.627. The van der Waals surface area contributed by atoms with Gasteiger partial charge in [0.2, 0.25) is 5.91 Å². The molecule has 8 heteroatoms. The Balaban J connectivity index is 2.08. The van der Waals surface area contributed by atoms with Gasteiger partial charge in [-0.25, -0.2) is 0 Å². The molecule has 1 fully saturated rings. The number of hydrogen-bond acceptors (Lipinski definition) is 3. The molecule has 1 aromatic heterocycles. The zero-order valence-corrected chi connectivity index (χ0v) is 18.7. The van der Waals surface area contributed by atoms with Crippen LogP contribution in [-0.4, -0.2) is 24.0 Å². The fourth-order valence-electron chi connectivity index (χ4n) is 3.90. The minimum Gasteiger partial charge on any atom is -0.351 e. The van der Waals surface area contributed by atoms with Crippen molar-refractivity contribution in [3.05, 3.63) is 51.2 Å². The van der Waals surface area contributed by atoms with Gasteiger partial charge in [-0.1, -0.05) is 25.3 Å². The van der Waals surface area contributed by atoms with E-state index in [1.165, 1.54) is 23.5 Å². The number of amides is 2. The lowest BCUT2D eigenvalue weighted by atomic mass is 9.95. The molecule has 31 heavy (non-hydrogen) atoms. The molecule has 168 valence electrons. The number of anilines is 1. The number of halogens is 3. The lowest BCUT2D eigenvalue weighted by Gasteiger charge is -2.33. The lowest BCUT2D eigenvalue weighted by Crippen LogP contribution is -2.50. The molecule has 0 radical (unpaired) electrons. The molecule has 0 spiro atoms. The van der Waals surface area contributed by atoms with Crippen LogP contribution in [0, 0.1) is 20.8 Å². The smallest absolute Gasteiger partial charge is 0.351 e. The van der Waals surface area contributed by atoms with Crippen LogP contribution in [-0.2, 0) is 9.59 Å². The average Bonchev–Trinajstić information content (AvgIpc) is 3.13. The van der Waals surface area contributed by atoms with E-state index in [0.717, 1.165) is 48.1 Å². The molecule has 4 nitrogen and oxygen atoms in total. The molecule has 0 unspecified atom stereocenters. The number of rotatable bonds is 5. The van der Waals surface area contributed by atoms with Crippen molar-refractivity contribution in [3.8, 4) is 0 Å². The van der Waals surface area contributed by atoms with Gasteiger partial charge in [0.05, 0.1) is 0 Å². The van der Waals surface area contributed by atoms with E-state index in [4.69, 9.17) is 0 Å². The van der Waals surface area contributed by atoms with E-state index in [0.29, 0.717) is 9.78 Å². The van der Waals surface area contributed by atoms with Crippen molar-refractivity contribution >= 4 is 28.8 Å². The second-order valence-electron chi connectivity index (χ2n) is 8.14. The first-order chi connectivity index (χ1) is 14.6. The third kappa shape index (κ3) is 5.47. The predicted molar refractivity (Wildman–Crippen MR) is 116 cm³/mol. The molecule has 1 aliphatic rings. The minimum atomic E-state index is -5.12. The van der Waals surface area contributed by atoms with Crippen LogP contribution in [0.4, 0.5) is 18.9 Å². The number of hydrogen-bond donors (Lipinski definition) is 1. The maximum Gasteiger partial charge on any atom is 0.471 e. The highest BCUT2D eigenvalue weighted by Gasteiger charge is 2.48. The van der Waals surface area contributed by atoms with Crippen LogP contribution in [0.15, 0.2) is 30.3 Å². The highest BCUT2D eigenvalue weighted by Crippen LogP contribution is 2.36. The molecule has 2 amide bonds. The summed E-state index contributed by atoms with van der Waals surface area (Å²) >= 11 is 1.22. The standard InChI is InChI=1S/C23H27F3N2O2S/c1-14-9-11-18(13-15(14)2)28(22(30)23(24,25)26)20(19-12-10-16(3)31-19)21(29)27-17-7-5-4-6-8-17/h9-13,17,20H,4-8H2,1-3H3,(H,27,29)/t20-/m0/s1. The van der Waals surface area contributed by atoms with E-state index in [1.54, 1.807) is 25.1 Å². The third-order valence-electron chi connectivity index (χ3n) is 5.72. The molecule has 1 atom stereocenters. The second-order valence-corrected chi connectivity index (χ2v) is 9.46. The van der Waals surface area contributed by atoms with Gasteiger partial charge in [-0.2, -0.15) is 13.2 Å². The number of carbonyl (C=O) groups is 2. The van der Waals surface area contributed by atoms with Crippen molar-refractivity contribution in [2.24, 2.45) is 0 Å². The van der Waals surface area contributed by atoms with Crippen molar-refractivity contribution in [1.82, 2.24) is 5.32 Å². The third-order valence-corrected chi connectivity index (χ3v) is 6.77. The van der Waals surface area contributed by atoms with E-state index >= 15 is 0 Å². The molecule has 0 bridgehead atoms. The number of nitrogens with zero attached hydrogens (tertiary/aromatic N) is 1. The Labute approximate surface area is 184 Å². The van der Waals surface area contributed by atoms with E-state index in [2.05, 4.69) is 5.32 Å². The van der Waals surface area contributed by atoms with E-state index < -0.39 is 24.0 Å². The average molecular weight is 453 g/mol. The molecule has 1 aromatic carbocycles. The summed E-state index contributed by atoms with van der Waals surface area (Å²) in [4.78, 5) is 27.8. The van der Waals surface area contributed by atoms with Gasteiger partial charge in [0.15, 0.2) is 6.04 Å². The van der Waals surface area contributed by atoms with Gasteiger partial charge in [0.1, 0.15) is 0 Å². The molecule has 1 saturated carbocycles.